The zero-order chi connectivity index (χ0) is 19.2. The molecule has 0 bridgehead atoms. The van der Waals surface area contributed by atoms with Gasteiger partial charge in [0.1, 0.15) is 5.75 Å². The number of aromatic carboxylic acids is 1. The van der Waals surface area contributed by atoms with Crippen LogP contribution in [-0.2, 0) is 9.59 Å². The van der Waals surface area contributed by atoms with Gasteiger partial charge in [0.2, 0.25) is 11.8 Å². The molecule has 3 N–H and O–H groups in total. The van der Waals surface area contributed by atoms with Crippen molar-refractivity contribution in [3.8, 4) is 5.75 Å². The lowest BCUT2D eigenvalue weighted by molar-refractivity contribution is -0.125. The SMILES string of the molecule is CC(C)Oc1ccc(C(=O)O)cc1NC(=O)CNC(=O)CC(C)(C)C. The molecule has 0 radical (unpaired) electrons. The van der Waals surface area contributed by atoms with E-state index in [-0.39, 0.29) is 35.2 Å². The number of nitrogens with one attached hydrogen (secondary N) is 2. The van der Waals surface area contributed by atoms with Crippen molar-refractivity contribution in [3.63, 3.8) is 0 Å². The number of amides is 2. The van der Waals surface area contributed by atoms with Crippen molar-refractivity contribution in [1.82, 2.24) is 5.32 Å². The fraction of sp³-hybridized carbons (Fsp3) is 0.500. The molecule has 1 aromatic rings. The second-order valence-electron chi connectivity index (χ2n) is 7.25. The van der Waals surface area contributed by atoms with Crippen LogP contribution in [-0.4, -0.2) is 35.5 Å². The van der Waals surface area contributed by atoms with Crippen molar-refractivity contribution < 1.29 is 24.2 Å². The van der Waals surface area contributed by atoms with Gasteiger partial charge < -0.3 is 20.5 Å². The highest BCUT2D eigenvalue weighted by atomic mass is 16.5. The smallest absolute Gasteiger partial charge is 0.335 e. The number of anilines is 1. The average molecular weight is 350 g/mol. The van der Waals surface area contributed by atoms with Gasteiger partial charge in [-0.25, -0.2) is 4.79 Å². The summed E-state index contributed by atoms with van der Waals surface area (Å²) < 4.78 is 5.58. The number of rotatable bonds is 7. The first kappa shape index (κ1) is 20.5. The van der Waals surface area contributed by atoms with E-state index >= 15 is 0 Å². The molecule has 1 rings (SSSR count). The van der Waals surface area contributed by atoms with Crippen LogP contribution in [0.25, 0.3) is 0 Å². The highest BCUT2D eigenvalue weighted by Gasteiger charge is 2.17. The first-order valence-corrected chi connectivity index (χ1v) is 8.08. The molecular weight excluding hydrogens is 324 g/mol. The number of hydrogen-bond acceptors (Lipinski definition) is 4. The number of carbonyl (C=O) groups is 3. The van der Waals surface area contributed by atoms with Crippen LogP contribution in [0.4, 0.5) is 5.69 Å². The maximum atomic E-state index is 12.1. The minimum atomic E-state index is -1.11. The van der Waals surface area contributed by atoms with E-state index in [1.165, 1.54) is 18.2 Å². The lowest BCUT2D eigenvalue weighted by Crippen LogP contribution is -2.34. The third kappa shape index (κ3) is 7.69. The van der Waals surface area contributed by atoms with Gasteiger partial charge in [0, 0.05) is 6.42 Å². The van der Waals surface area contributed by atoms with Crippen molar-refractivity contribution in [2.45, 2.75) is 47.1 Å². The van der Waals surface area contributed by atoms with E-state index in [2.05, 4.69) is 10.6 Å². The normalized spacial score (nSPS) is 11.1. The van der Waals surface area contributed by atoms with Crippen LogP contribution >= 0.6 is 0 Å². The number of benzene rings is 1. The van der Waals surface area contributed by atoms with Crippen LogP contribution in [0.5, 0.6) is 5.75 Å². The molecule has 0 saturated heterocycles. The molecule has 7 heteroatoms. The first-order chi connectivity index (χ1) is 11.5. The molecule has 0 aliphatic heterocycles. The Morgan fingerprint density at radius 3 is 2.32 bits per heavy atom. The molecule has 0 aromatic heterocycles. The largest absolute Gasteiger partial charge is 0.489 e. The molecule has 2 amide bonds. The topological polar surface area (TPSA) is 105 Å². The zero-order valence-electron chi connectivity index (χ0n) is 15.3. The lowest BCUT2D eigenvalue weighted by atomic mass is 9.92. The van der Waals surface area contributed by atoms with Gasteiger partial charge in [0.25, 0.3) is 0 Å². The fourth-order valence-corrected chi connectivity index (χ4v) is 2.03. The third-order valence-electron chi connectivity index (χ3n) is 3.00. The number of carboxylic acids is 1. The summed E-state index contributed by atoms with van der Waals surface area (Å²) in [6.07, 6.45) is 0.161. The number of hydrogen-bond donors (Lipinski definition) is 3. The Morgan fingerprint density at radius 2 is 1.80 bits per heavy atom. The Kier molecular flexibility index (Phi) is 6.97. The van der Waals surface area contributed by atoms with Gasteiger partial charge in [-0.05, 0) is 37.5 Å². The molecule has 138 valence electrons. The van der Waals surface area contributed by atoms with E-state index in [1.54, 1.807) is 0 Å². The van der Waals surface area contributed by atoms with Crippen LogP contribution in [0.1, 0.15) is 51.4 Å². The van der Waals surface area contributed by atoms with Crippen molar-refractivity contribution >= 4 is 23.5 Å². The molecule has 0 heterocycles. The van der Waals surface area contributed by atoms with E-state index in [0.717, 1.165) is 0 Å². The Morgan fingerprint density at radius 1 is 1.16 bits per heavy atom. The molecule has 7 nitrogen and oxygen atoms in total. The quantitative estimate of drug-likeness (QED) is 0.701. The van der Waals surface area contributed by atoms with E-state index in [0.29, 0.717) is 12.2 Å². The Balaban J connectivity index is 2.78. The van der Waals surface area contributed by atoms with Crippen LogP contribution < -0.4 is 15.4 Å². The highest BCUT2D eigenvalue weighted by Crippen LogP contribution is 2.27. The van der Waals surface area contributed by atoms with E-state index < -0.39 is 11.9 Å². The molecular formula is C18H26N2O5. The van der Waals surface area contributed by atoms with Crippen molar-refractivity contribution in [3.05, 3.63) is 23.8 Å². The van der Waals surface area contributed by atoms with Crippen LogP contribution in [0.2, 0.25) is 0 Å². The fourth-order valence-electron chi connectivity index (χ4n) is 2.03. The Hall–Kier alpha value is -2.57. The maximum absolute atomic E-state index is 12.1. The summed E-state index contributed by atoms with van der Waals surface area (Å²) in [7, 11) is 0. The lowest BCUT2D eigenvalue weighted by Gasteiger charge is -2.18. The van der Waals surface area contributed by atoms with Crippen LogP contribution in [0.3, 0.4) is 0 Å². The average Bonchev–Trinajstić information content (AvgIpc) is 2.44. The number of carboxylic acid groups (broad SMARTS) is 1. The predicted molar refractivity (Wildman–Crippen MR) is 94.9 cm³/mol. The predicted octanol–water partition coefficient (Wildman–Crippen LogP) is 2.66. The van der Waals surface area contributed by atoms with Crippen molar-refractivity contribution in [2.24, 2.45) is 5.41 Å². The monoisotopic (exact) mass is 350 g/mol. The van der Waals surface area contributed by atoms with Crippen LogP contribution in [0, 0.1) is 5.41 Å². The number of ether oxygens (including phenoxy) is 1. The zero-order valence-corrected chi connectivity index (χ0v) is 15.3. The van der Waals surface area contributed by atoms with Gasteiger partial charge in [-0.1, -0.05) is 20.8 Å². The molecule has 0 aliphatic carbocycles. The standard InChI is InChI=1S/C18H26N2O5/c1-11(2)25-14-7-6-12(17(23)24)8-13(14)20-16(22)10-19-15(21)9-18(3,4)5/h6-8,11H,9-10H2,1-5H3,(H,19,21)(H,20,22)(H,23,24). The number of carbonyl (C=O) groups excluding carboxylic acids is 2. The van der Waals surface area contributed by atoms with Gasteiger partial charge in [-0.15, -0.1) is 0 Å². The van der Waals surface area contributed by atoms with Gasteiger partial charge in [-0.3, -0.25) is 9.59 Å². The summed E-state index contributed by atoms with van der Waals surface area (Å²) in [5.41, 5.74) is 0.112. The minimum Gasteiger partial charge on any atom is -0.489 e. The van der Waals surface area contributed by atoms with E-state index in [9.17, 15) is 14.4 Å². The second-order valence-corrected chi connectivity index (χ2v) is 7.25. The molecule has 0 spiro atoms. The molecule has 0 fully saturated rings. The highest BCUT2D eigenvalue weighted by molar-refractivity contribution is 5.97. The molecule has 0 aliphatic rings. The Bertz CT molecular complexity index is 647. The summed E-state index contributed by atoms with van der Waals surface area (Å²) >= 11 is 0. The van der Waals surface area contributed by atoms with Crippen molar-refractivity contribution in [1.29, 1.82) is 0 Å². The summed E-state index contributed by atoms with van der Waals surface area (Å²) in [6, 6.07) is 4.23. The Labute approximate surface area is 147 Å². The summed E-state index contributed by atoms with van der Waals surface area (Å²) in [5.74, 6) is -1.42. The molecule has 0 unspecified atom stereocenters. The minimum absolute atomic E-state index is 0.0307. The summed E-state index contributed by atoms with van der Waals surface area (Å²) in [5, 5.41) is 14.2. The van der Waals surface area contributed by atoms with E-state index in [1.807, 2.05) is 34.6 Å². The summed E-state index contributed by atoms with van der Waals surface area (Å²) in [4.78, 5) is 35.0. The molecule has 0 saturated carbocycles. The van der Waals surface area contributed by atoms with E-state index in [4.69, 9.17) is 9.84 Å². The molecule has 25 heavy (non-hydrogen) atoms. The van der Waals surface area contributed by atoms with Gasteiger partial charge in [0.15, 0.2) is 0 Å². The summed E-state index contributed by atoms with van der Waals surface area (Å²) in [6.45, 7) is 9.24. The van der Waals surface area contributed by atoms with Gasteiger partial charge in [0.05, 0.1) is 23.9 Å². The second kappa shape index (κ2) is 8.50. The van der Waals surface area contributed by atoms with Crippen molar-refractivity contribution in [2.75, 3.05) is 11.9 Å². The molecule has 1 aromatic carbocycles. The molecule has 0 atom stereocenters. The van der Waals surface area contributed by atoms with Gasteiger partial charge in [-0.2, -0.15) is 0 Å². The maximum Gasteiger partial charge on any atom is 0.335 e. The first-order valence-electron chi connectivity index (χ1n) is 8.08. The third-order valence-corrected chi connectivity index (χ3v) is 3.00. The van der Waals surface area contributed by atoms with Gasteiger partial charge >= 0.3 is 5.97 Å². The van der Waals surface area contributed by atoms with Crippen LogP contribution in [0.15, 0.2) is 18.2 Å².